The third-order valence-corrected chi connectivity index (χ3v) is 15.5. The molecular weight excluding hydrogens is 853 g/mol. The summed E-state index contributed by atoms with van der Waals surface area (Å²) in [7, 11) is 1.91. The average Bonchev–Trinajstić information content (AvgIpc) is 3.96. The fraction of sp³-hybridized carbons (Fsp3) is 0.472. The maximum Gasteiger partial charge on any atom is 0.254 e. The number of benzene rings is 2. The third kappa shape index (κ3) is 8.37. The number of piperidine rings is 2. The maximum absolute atomic E-state index is 13.6. The van der Waals surface area contributed by atoms with Gasteiger partial charge >= 0.3 is 0 Å². The van der Waals surface area contributed by atoms with E-state index in [0.29, 0.717) is 42.1 Å². The van der Waals surface area contributed by atoms with Crippen LogP contribution in [0, 0.1) is 35.0 Å². The van der Waals surface area contributed by atoms with Crippen LogP contribution in [0.3, 0.4) is 0 Å². The maximum atomic E-state index is 13.6. The SMILES string of the molecule is CC(=O)N1CCc2c(c(-c3cccc4cc(-c5cnn(C)c5)ncc34)nn2C2CCN(CC3CCN(c4ncc(C(=O)NC5C(C)(C)C(Oc6ccc(C#N)c(C)c6)C5(C)C)cn4)CC3)CC2)C1. The van der Waals surface area contributed by atoms with Crippen molar-refractivity contribution >= 4 is 28.5 Å². The average molecular weight is 915 g/mol. The minimum absolute atomic E-state index is 0.0936. The Morgan fingerprint density at radius 1 is 0.912 bits per heavy atom. The number of nitrogens with one attached hydrogen (secondary N) is 1. The molecule has 2 aromatic carbocycles. The summed E-state index contributed by atoms with van der Waals surface area (Å²) in [5.41, 5.74) is 7.58. The first-order valence-corrected chi connectivity index (χ1v) is 24.2. The quantitative estimate of drug-likeness (QED) is 0.145. The molecule has 2 saturated heterocycles. The normalized spacial score (nSPS) is 20.7. The number of nitrogens with zero attached hydrogens (tertiary/aromatic N) is 11. The van der Waals surface area contributed by atoms with Crippen LogP contribution < -0.4 is 15.0 Å². The number of hydrogen-bond donors (Lipinski definition) is 1. The van der Waals surface area contributed by atoms with Crippen LogP contribution in [-0.2, 0) is 24.8 Å². The molecule has 68 heavy (non-hydrogen) atoms. The Bertz CT molecular complexity index is 2900. The highest BCUT2D eigenvalue weighted by Gasteiger charge is 2.64. The van der Waals surface area contributed by atoms with Gasteiger partial charge in [0, 0.05) is 136 Å². The molecule has 7 heterocycles. The zero-order valence-corrected chi connectivity index (χ0v) is 40.4. The number of ether oxygens (including phenoxy) is 1. The number of fused-ring (bicyclic) bond motifs is 2. The van der Waals surface area contributed by atoms with Gasteiger partial charge in [-0.05, 0) is 73.7 Å². The lowest BCUT2D eigenvalue weighted by atomic mass is 9.49. The number of amides is 2. The van der Waals surface area contributed by atoms with Crippen LogP contribution in [-0.4, -0.2) is 108 Å². The second-order valence-electron chi connectivity index (χ2n) is 20.8. The molecule has 2 amide bonds. The van der Waals surface area contributed by atoms with Crippen molar-refractivity contribution in [2.24, 2.45) is 23.8 Å². The van der Waals surface area contributed by atoms with E-state index >= 15 is 0 Å². The van der Waals surface area contributed by atoms with Crippen molar-refractivity contribution in [2.75, 3.05) is 44.2 Å². The van der Waals surface area contributed by atoms with Gasteiger partial charge < -0.3 is 24.8 Å². The molecule has 4 aliphatic rings. The highest BCUT2D eigenvalue weighted by atomic mass is 16.5. The lowest BCUT2D eigenvalue weighted by Gasteiger charge is -2.63. The van der Waals surface area contributed by atoms with Crippen molar-refractivity contribution in [3.63, 3.8) is 0 Å². The molecule has 1 N–H and O–H groups in total. The predicted octanol–water partition coefficient (Wildman–Crippen LogP) is 7.54. The number of carbonyl (C=O) groups excluding carboxylic acids is 2. The molecule has 0 radical (unpaired) electrons. The van der Waals surface area contributed by atoms with E-state index in [1.54, 1.807) is 30.1 Å². The standard InChI is InChI=1S/C53H62N12O3/c1-33-23-41(12-11-37(33)25-54)68-50-52(3,4)49(53(50,5)6)59-48(67)38-26-56-51(57-27-38)63-20-13-35(14-21-63)30-62-18-15-40(16-19-62)65-46-17-22-64(34(2)66)32-44(46)47(60-65)42-10-8-9-36-24-45(55-29-43(36)42)39-28-58-61(7)31-39/h8-12,23-24,26-29,31,35,40,49-50H,13-22,30,32H2,1-7H3,(H,59,67). The molecule has 0 spiro atoms. The van der Waals surface area contributed by atoms with Crippen LogP contribution in [0.15, 0.2) is 73.4 Å². The lowest BCUT2D eigenvalue weighted by molar-refractivity contribution is -0.164. The fourth-order valence-corrected chi connectivity index (χ4v) is 11.9. The van der Waals surface area contributed by atoms with E-state index in [1.807, 2.05) is 49.6 Å². The topological polar surface area (TPSA) is 163 Å². The van der Waals surface area contributed by atoms with Crippen molar-refractivity contribution in [1.29, 1.82) is 5.26 Å². The van der Waals surface area contributed by atoms with Gasteiger partial charge in [-0.1, -0.05) is 45.9 Å². The van der Waals surface area contributed by atoms with Crippen molar-refractivity contribution < 1.29 is 14.3 Å². The Morgan fingerprint density at radius 3 is 2.34 bits per heavy atom. The molecule has 10 rings (SSSR count). The summed E-state index contributed by atoms with van der Waals surface area (Å²) < 4.78 is 10.6. The zero-order valence-electron chi connectivity index (χ0n) is 40.4. The van der Waals surface area contributed by atoms with E-state index in [2.05, 4.69) is 92.9 Å². The number of rotatable bonds is 10. The Balaban J connectivity index is 0.737. The van der Waals surface area contributed by atoms with E-state index in [9.17, 15) is 14.9 Å². The minimum Gasteiger partial charge on any atom is -0.489 e. The van der Waals surface area contributed by atoms with Crippen LogP contribution in [0.4, 0.5) is 5.95 Å². The molecule has 0 atom stereocenters. The fourth-order valence-electron chi connectivity index (χ4n) is 11.9. The smallest absolute Gasteiger partial charge is 0.254 e. The number of carbonyl (C=O) groups is 2. The molecule has 352 valence electrons. The number of anilines is 1. The first-order chi connectivity index (χ1) is 32.7. The third-order valence-electron chi connectivity index (χ3n) is 15.5. The van der Waals surface area contributed by atoms with Gasteiger partial charge in [-0.3, -0.25) is 23.9 Å². The summed E-state index contributed by atoms with van der Waals surface area (Å²) in [6, 6.07) is 16.4. The molecule has 1 saturated carbocycles. The summed E-state index contributed by atoms with van der Waals surface area (Å²) in [6.45, 7) is 18.2. The van der Waals surface area contributed by atoms with Crippen molar-refractivity contribution in [1.82, 2.24) is 49.6 Å². The molecule has 3 fully saturated rings. The first kappa shape index (κ1) is 45.1. The van der Waals surface area contributed by atoms with Crippen LogP contribution in [0.5, 0.6) is 5.75 Å². The van der Waals surface area contributed by atoms with Gasteiger partial charge in [0.2, 0.25) is 11.9 Å². The Morgan fingerprint density at radius 2 is 1.66 bits per heavy atom. The van der Waals surface area contributed by atoms with Crippen molar-refractivity contribution in [2.45, 2.75) is 98.4 Å². The van der Waals surface area contributed by atoms with Gasteiger partial charge in [0.25, 0.3) is 5.91 Å². The number of pyridine rings is 1. The highest BCUT2D eigenvalue weighted by molar-refractivity contribution is 5.97. The van der Waals surface area contributed by atoms with E-state index in [4.69, 9.17) is 14.8 Å². The monoisotopic (exact) mass is 915 g/mol. The molecular formula is C53H62N12O3. The van der Waals surface area contributed by atoms with Gasteiger partial charge in [-0.15, -0.1) is 0 Å². The summed E-state index contributed by atoms with van der Waals surface area (Å²) >= 11 is 0. The summed E-state index contributed by atoms with van der Waals surface area (Å²) in [5, 5.41) is 24.5. The molecule has 15 nitrogen and oxygen atoms in total. The van der Waals surface area contributed by atoms with E-state index in [1.165, 1.54) is 5.69 Å². The molecule has 3 aliphatic heterocycles. The predicted molar refractivity (Wildman–Crippen MR) is 261 cm³/mol. The second-order valence-corrected chi connectivity index (χ2v) is 20.8. The van der Waals surface area contributed by atoms with Crippen LogP contribution in [0.2, 0.25) is 0 Å². The highest BCUT2D eigenvalue weighted by Crippen LogP contribution is 2.55. The number of nitriles is 1. The minimum atomic E-state index is -0.337. The second kappa shape index (κ2) is 17.8. The zero-order chi connectivity index (χ0) is 47.5. The molecule has 0 bridgehead atoms. The van der Waals surface area contributed by atoms with Gasteiger partial charge in [0.15, 0.2) is 0 Å². The summed E-state index contributed by atoms with van der Waals surface area (Å²) in [6.07, 6.45) is 13.9. The largest absolute Gasteiger partial charge is 0.489 e. The molecule has 1 aliphatic carbocycles. The van der Waals surface area contributed by atoms with E-state index in [-0.39, 0.29) is 34.8 Å². The van der Waals surface area contributed by atoms with Gasteiger partial charge in [0.05, 0.1) is 40.8 Å². The van der Waals surface area contributed by atoms with Crippen LogP contribution in [0.1, 0.15) is 99.1 Å². The number of aromatic nitrogens is 7. The van der Waals surface area contributed by atoms with Crippen molar-refractivity contribution in [3.05, 3.63) is 101 Å². The summed E-state index contributed by atoms with van der Waals surface area (Å²) in [4.78, 5) is 47.3. The van der Waals surface area contributed by atoms with Crippen molar-refractivity contribution in [3.8, 4) is 34.3 Å². The molecule has 0 unspecified atom stereocenters. The molecule has 6 aromatic rings. The van der Waals surface area contributed by atoms with Crippen LogP contribution >= 0.6 is 0 Å². The van der Waals surface area contributed by atoms with E-state index < -0.39 is 0 Å². The Labute approximate surface area is 398 Å². The number of aryl methyl sites for hydroxylation is 2. The Hall–Kier alpha value is -6.66. The first-order valence-electron chi connectivity index (χ1n) is 24.2. The van der Waals surface area contributed by atoms with E-state index in [0.717, 1.165) is 115 Å². The van der Waals surface area contributed by atoms with Gasteiger partial charge in [-0.2, -0.15) is 15.5 Å². The Kier molecular flexibility index (Phi) is 11.8. The molecule has 4 aromatic heterocycles. The molecule has 15 heteroatoms. The number of hydrogen-bond acceptors (Lipinski definition) is 11. The lowest BCUT2D eigenvalue weighted by Crippen LogP contribution is -2.74. The van der Waals surface area contributed by atoms with Gasteiger partial charge in [0.1, 0.15) is 11.9 Å². The van der Waals surface area contributed by atoms with Gasteiger partial charge in [-0.25, -0.2) is 9.97 Å². The summed E-state index contributed by atoms with van der Waals surface area (Å²) in [5.74, 6) is 1.89. The van der Waals surface area contributed by atoms with Crippen LogP contribution in [0.25, 0.3) is 33.3 Å². The number of likely N-dealkylation sites (tertiary alicyclic amines) is 1.